The third-order valence-corrected chi connectivity index (χ3v) is 5.29. The first-order valence-electron chi connectivity index (χ1n) is 11.2. The summed E-state index contributed by atoms with van der Waals surface area (Å²) in [5.74, 6) is -0.392. The molecule has 1 aliphatic rings. The molecule has 2 rings (SSSR count). The van der Waals surface area contributed by atoms with Crippen molar-refractivity contribution >= 4 is 35.1 Å². The van der Waals surface area contributed by atoms with Gasteiger partial charge in [0, 0.05) is 19.7 Å². The number of rotatable bonds is 11. The van der Waals surface area contributed by atoms with Crippen molar-refractivity contribution in [2.24, 2.45) is 5.92 Å². The van der Waals surface area contributed by atoms with Crippen LogP contribution in [0.3, 0.4) is 0 Å². The molecule has 1 atom stereocenters. The Morgan fingerprint density at radius 1 is 1.24 bits per heavy atom. The molecule has 2 N–H and O–H groups in total. The van der Waals surface area contributed by atoms with Gasteiger partial charge in [-0.1, -0.05) is 26.0 Å². The van der Waals surface area contributed by atoms with Gasteiger partial charge in [0.05, 0.1) is 25.2 Å². The molecule has 9 nitrogen and oxygen atoms in total. The predicted molar refractivity (Wildman–Crippen MR) is 127 cm³/mol. The molecule has 0 aromatic heterocycles. The zero-order chi connectivity index (χ0) is 24.2. The normalized spacial score (nSPS) is 15.7. The number of carbonyl (C=O) groups is 3. The number of ether oxygens (including phenoxy) is 3. The maximum Gasteiger partial charge on any atom is 0.308 e. The summed E-state index contributed by atoms with van der Waals surface area (Å²) in [6.45, 7) is 8.15. The Balaban J connectivity index is 2.01. The summed E-state index contributed by atoms with van der Waals surface area (Å²) in [6.07, 6.45) is 0.669. The van der Waals surface area contributed by atoms with E-state index in [1.54, 1.807) is 24.3 Å². The Labute approximate surface area is 200 Å². The van der Waals surface area contributed by atoms with Crippen LogP contribution >= 0.6 is 12.2 Å². The highest BCUT2D eigenvalue weighted by atomic mass is 32.1. The summed E-state index contributed by atoms with van der Waals surface area (Å²) >= 11 is 5.42. The van der Waals surface area contributed by atoms with Gasteiger partial charge in [0.25, 0.3) is 5.91 Å². The van der Waals surface area contributed by atoms with Crippen LogP contribution in [0.2, 0.25) is 0 Å². The molecule has 0 spiro atoms. The standard InChI is InChI=1S/C23H33N3O6S/c1-4-30-13-14-32-20(27)15-18-22(29)24-10-11-26(18)23(33)25-21(28)17-7-5-6-8-19(17)31-12-9-16(2)3/h5-8,16,18H,4,9-15H2,1-3H3,(H,24,29)(H,25,28,33). The minimum absolute atomic E-state index is 0.0685. The maximum absolute atomic E-state index is 12.9. The van der Waals surface area contributed by atoms with Crippen molar-refractivity contribution in [3.05, 3.63) is 29.8 Å². The van der Waals surface area contributed by atoms with E-state index in [1.165, 1.54) is 4.90 Å². The van der Waals surface area contributed by atoms with Gasteiger partial charge in [-0.3, -0.25) is 19.7 Å². The molecule has 0 aliphatic carbocycles. The largest absolute Gasteiger partial charge is 0.493 e. The van der Waals surface area contributed by atoms with Gasteiger partial charge in [-0.2, -0.15) is 0 Å². The van der Waals surface area contributed by atoms with Crippen molar-refractivity contribution in [1.29, 1.82) is 0 Å². The van der Waals surface area contributed by atoms with Crippen LogP contribution in [0.15, 0.2) is 24.3 Å². The number of thiocarbonyl (C=S) groups is 1. The van der Waals surface area contributed by atoms with Gasteiger partial charge in [0.15, 0.2) is 5.11 Å². The minimum atomic E-state index is -0.872. The highest BCUT2D eigenvalue weighted by Gasteiger charge is 2.34. The van der Waals surface area contributed by atoms with E-state index >= 15 is 0 Å². The van der Waals surface area contributed by atoms with Gasteiger partial charge >= 0.3 is 5.97 Å². The SMILES string of the molecule is CCOCCOC(=O)CC1C(=O)NCCN1C(=S)NC(=O)c1ccccc1OCCC(C)C. The Kier molecular flexibility index (Phi) is 11.0. The summed E-state index contributed by atoms with van der Waals surface area (Å²) in [6, 6.07) is 6.04. The monoisotopic (exact) mass is 479 g/mol. The second-order valence-electron chi connectivity index (χ2n) is 7.91. The fourth-order valence-corrected chi connectivity index (χ4v) is 3.47. The van der Waals surface area contributed by atoms with E-state index in [1.807, 2.05) is 6.92 Å². The number of nitrogens with zero attached hydrogens (tertiary/aromatic N) is 1. The minimum Gasteiger partial charge on any atom is -0.493 e. The topological polar surface area (TPSA) is 106 Å². The number of esters is 1. The van der Waals surface area contributed by atoms with Crippen LogP contribution in [0.25, 0.3) is 0 Å². The molecule has 1 aromatic rings. The molecule has 1 fully saturated rings. The molecule has 1 saturated heterocycles. The van der Waals surface area contributed by atoms with Crippen LogP contribution in [0.5, 0.6) is 5.75 Å². The van der Waals surface area contributed by atoms with E-state index in [-0.39, 0.29) is 30.7 Å². The van der Waals surface area contributed by atoms with Gasteiger partial charge in [-0.25, -0.2) is 0 Å². The Morgan fingerprint density at radius 2 is 2.00 bits per heavy atom. The average Bonchev–Trinajstić information content (AvgIpc) is 2.78. The fraction of sp³-hybridized carbons (Fsp3) is 0.565. The van der Waals surface area contributed by atoms with Crippen molar-refractivity contribution in [2.75, 3.05) is 39.5 Å². The van der Waals surface area contributed by atoms with Gasteiger partial charge in [0.1, 0.15) is 18.4 Å². The second-order valence-corrected chi connectivity index (χ2v) is 8.29. The van der Waals surface area contributed by atoms with Crippen LogP contribution in [0, 0.1) is 5.92 Å². The highest BCUT2D eigenvalue weighted by molar-refractivity contribution is 7.80. The van der Waals surface area contributed by atoms with Crippen molar-refractivity contribution in [1.82, 2.24) is 15.5 Å². The fourth-order valence-electron chi connectivity index (χ4n) is 3.16. The summed E-state index contributed by atoms with van der Waals surface area (Å²) in [5.41, 5.74) is 0.344. The number of nitrogens with one attached hydrogen (secondary N) is 2. The Morgan fingerprint density at radius 3 is 2.73 bits per heavy atom. The van der Waals surface area contributed by atoms with Crippen LogP contribution in [0.1, 0.15) is 44.0 Å². The first kappa shape index (κ1) is 26.5. The molecule has 0 radical (unpaired) electrons. The summed E-state index contributed by atoms with van der Waals surface area (Å²) in [5, 5.41) is 5.46. The molecule has 1 aromatic carbocycles. The van der Waals surface area contributed by atoms with E-state index in [2.05, 4.69) is 24.5 Å². The van der Waals surface area contributed by atoms with Crippen LogP contribution < -0.4 is 15.4 Å². The van der Waals surface area contributed by atoms with E-state index in [9.17, 15) is 14.4 Å². The van der Waals surface area contributed by atoms with Crippen LogP contribution in [-0.2, 0) is 19.1 Å². The van der Waals surface area contributed by atoms with E-state index < -0.39 is 17.9 Å². The summed E-state index contributed by atoms with van der Waals surface area (Å²) in [7, 11) is 0. The number of hydrogen-bond donors (Lipinski definition) is 2. The molecule has 0 bridgehead atoms. The van der Waals surface area contributed by atoms with E-state index in [0.717, 1.165) is 6.42 Å². The summed E-state index contributed by atoms with van der Waals surface area (Å²) < 4.78 is 16.1. The third-order valence-electron chi connectivity index (χ3n) is 4.95. The average molecular weight is 480 g/mol. The molecule has 0 saturated carbocycles. The number of hydrogen-bond acceptors (Lipinski definition) is 7. The van der Waals surface area contributed by atoms with Crippen LogP contribution in [0.4, 0.5) is 0 Å². The molecule has 1 heterocycles. The number of carbonyl (C=O) groups excluding carboxylic acids is 3. The molecule has 182 valence electrons. The Hall–Kier alpha value is -2.72. The lowest BCUT2D eigenvalue weighted by molar-refractivity contribution is -0.148. The molecule has 1 unspecified atom stereocenters. The third kappa shape index (κ3) is 8.62. The number of piperazine rings is 1. The van der Waals surface area contributed by atoms with Crippen molar-refractivity contribution in [2.45, 2.75) is 39.7 Å². The molecule has 1 aliphatic heterocycles. The summed E-state index contributed by atoms with van der Waals surface area (Å²) in [4.78, 5) is 39.1. The Bertz CT molecular complexity index is 832. The van der Waals surface area contributed by atoms with Gasteiger partial charge in [-0.15, -0.1) is 0 Å². The molecular weight excluding hydrogens is 446 g/mol. The quantitative estimate of drug-likeness (QED) is 0.282. The van der Waals surface area contributed by atoms with Crippen molar-refractivity contribution in [3.63, 3.8) is 0 Å². The lowest BCUT2D eigenvalue weighted by Crippen LogP contribution is -2.60. The second kappa shape index (κ2) is 13.7. The van der Waals surface area contributed by atoms with Gasteiger partial charge in [0.2, 0.25) is 5.91 Å². The predicted octanol–water partition coefficient (Wildman–Crippen LogP) is 1.90. The molecular formula is C23H33N3O6S. The number of para-hydroxylation sites is 1. The van der Waals surface area contributed by atoms with Crippen molar-refractivity contribution < 1.29 is 28.6 Å². The number of benzene rings is 1. The van der Waals surface area contributed by atoms with Crippen LogP contribution in [-0.4, -0.2) is 73.4 Å². The zero-order valence-corrected chi connectivity index (χ0v) is 20.2. The molecule has 33 heavy (non-hydrogen) atoms. The number of amides is 2. The molecule has 10 heteroatoms. The zero-order valence-electron chi connectivity index (χ0n) is 19.4. The maximum atomic E-state index is 12.9. The van der Waals surface area contributed by atoms with E-state index in [0.29, 0.717) is 43.5 Å². The van der Waals surface area contributed by atoms with E-state index in [4.69, 9.17) is 26.4 Å². The lowest BCUT2D eigenvalue weighted by Gasteiger charge is -2.36. The smallest absolute Gasteiger partial charge is 0.308 e. The molecule has 2 amide bonds. The van der Waals surface area contributed by atoms with Gasteiger partial charge in [-0.05, 0) is 43.6 Å². The lowest BCUT2D eigenvalue weighted by atomic mass is 10.1. The van der Waals surface area contributed by atoms with Gasteiger partial charge < -0.3 is 24.4 Å². The van der Waals surface area contributed by atoms with Crippen molar-refractivity contribution in [3.8, 4) is 5.75 Å². The highest BCUT2D eigenvalue weighted by Crippen LogP contribution is 2.19. The first-order chi connectivity index (χ1) is 15.8. The first-order valence-corrected chi connectivity index (χ1v) is 11.6.